The summed E-state index contributed by atoms with van der Waals surface area (Å²) in [5, 5.41) is 6.65. The van der Waals surface area contributed by atoms with Crippen LogP contribution < -0.4 is 10.1 Å². The lowest BCUT2D eigenvalue weighted by atomic mass is 9.79. The third-order valence-electron chi connectivity index (χ3n) is 5.22. The highest BCUT2D eigenvalue weighted by Gasteiger charge is 2.48. The van der Waals surface area contributed by atoms with Gasteiger partial charge in [0.1, 0.15) is 10.8 Å². The Hall–Kier alpha value is -2.35. The van der Waals surface area contributed by atoms with E-state index < -0.39 is 10.8 Å². The third kappa shape index (κ3) is 5.26. The second-order valence-corrected chi connectivity index (χ2v) is 11.5. The predicted octanol–water partition coefficient (Wildman–Crippen LogP) is 5.71. The van der Waals surface area contributed by atoms with Crippen molar-refractivity contribution >= 4 is 46.4 Å². The number of benzene rings is 1. The first-order valence-electron chi connectivity index (χ1n) is 10.6. The van der Waals surface area contributed by atoms with Crippen LogP contribution in [0.1, 0.15) is 38.4 Å². The van der Waals surface area contributed by atoms with Gasteiger partial charge in [0, 0.05) is 17.4 Å². The number of Topliss-reactive ketones (excluding diaryl/α,β-unsaturated/α-hetero) is 1. The Balaban J connectivity index is 1.67. The zero-order chi connectivity index (χ0) is 23.6. The number of thioether (sulfide) groups is 1. The van der Waals surface area contributed by atoms with Crippen LogP contribution in [0.2, 0.25) is 5.02 Å². The number of aromatic nitrogens is 1. The lowest BCUT2D eigenvalue weighted by Crippen LogP contribution is -2.58. The summed E-state index contributed by atoms with van der Waals surface area (Å²) in [6.07, 6.45) is 0.0906. The van der Waals surface area contributed by atoms with Gasteiger partial charge in [-0.3, -0.25) is 9.59 Å². The van der Waals surface area contributed by atoms with Crippen molar-refractivity contribution in [1.82, 2.24) is 10.3 Å². The molecule has 1 aromatic carbocycles. The number of halogens is 1. The van der Waals surface area contributed by atoms with Gasteiger partial charge in [-0.05, 0) is 46.0 Å². The smallest absolute Gasteiger partial charge is 0.242 e. The van der Waals surface area contributed by atoms with E-state index in [4.69, 9.17) is 21.3 Å². The highest BCUT2D eigenvalue weighted by molar-refractivity contribution is 8.01. The summed E-state index contributed by atoms with van der Waals surface area (Å²) in [6.45, 7) is 6.75. The maximum absolute atomic E-state index is 13.4. The summed E-state index contributed by atoms with van der Waals surface area (Å²) in [6, 6.07) is 14.6. The summed E-state index contributed by atoms with van der Waals surface area (Å²) in [5.74, 6) is -0.0610. The van der Waals surface area contributed by atoms with Gasteiger partial charge in [-0.15, -0.1) is 11.8 Å². The number of hydrogen-bond acceptors (Lipinski definition) is 6. The first-order chi connectivity index (χ1) is 15.7. The maximum Gasteiger partial charge on any atom is 0.242 e. The first-order valence-corrected chi connectivity index (χ1v) is 12.8. The van der Waals surface area contributed by atoms with Crippen LogP contribution in [0.25, 0.3) is 0 Å². The first kappa shape index (κ1) is 23.8. The predicted molar refractivity (Wildman–Crippen MR) is 133 cm³/mol. The molecule has 5 nitrogen and oxygen atoms in total. The lowest BCUT2D eigenvalue weighted by Gasteiger charge is -2.39. The SMILES string of the molecule is CC(C)(C)COc1cccc(C2(c3ccsc3)CC(=O)C(Sc3ccccc3Cl)C(=O)N2)n1. The molecule has 3 aromatic rings. The van der Waals surface area contributed by atoms with Crippen LogP contribution in [0.5, 0.6) is 5.88 Å². The molecule has 1 fully saturated rings. The van der Waals surface area contributed by atoms with Crippen molar-refractivity contribution < 1.29 is 14.3 Å². The van der Waals surface area contributed by atoms with Crippen LogP contribution >= 0.6 is 34.7 Å². The van der Waals surface area contributed by atoms with Crippen molar-refractivity contribution in [3.8, 4) is 5.88 Å². The van der Waals surface area contributed by atoms with Crippen molar-refractivity contribution in [3.63, 3.8) is 0 Å². The van der Waals surface area contributed by atoms with E-state index in [9.17, 15) is 9.59 Å². The number of carbonyl (C=O) groups excluding carboxylic acids is 2. The Morgan fingerprint density at radius 1 is 1.18 bits per heavy atom. The van der Waals surface area contributed by atoms with E-state index in [-0.39, 0.29) is 23.5 Å². The van der Waals surface area contributed by atoms with Crippen LogP contribution in [0.15, 0.2) is 64.2 Å². The number of ether oxygens (including phenoxy) is 1. The van der Waals surface area contributed by atoms with E-state index in [2.05, 4.69) is 26.1 Å². The quantitative estimate of drug-likeness (QED) is 0.439. The average Bonchev–Trinajstić information content (AvgIpc) is 3.31. The number of nitrogens with one attached hydrogen (secondary N) is 1. The summed E-state index contributed by atoms with van der Waals surface area (Å²) < 4.78 is 5.91. The second kappa shape index (κ2) is 9.49. The number of amides is 1. The number of rotatable bonds is 6. The summed E-state index contributed by atoms with van der Waals surface area (Å²) in [4.78, 5) is 32.1. The Morgan fingerprint density at radius 2 is 1.97 bits per heavy atom. The summed E-state index contributed by atoms with van der Waals surface area (Å²) in [7, 11) is 0. The molecule has 4 rings (SSSR count). The molecule has 1 amide bonds. The lowest BCUT2D eigenvalue weighted by molar-refractivity contribution is -0.133. The standard InChI is InChI=1S/C25H25ClN2O3S2/c1-24(2,3)15-31-21-10-6-9-20(27-21)25(16-11-12-32-14-16)13-18(29)22(23(30)28-25)33-19-8-5-4-7-17(19)26/h4-12,14,22H,13,15H2,1-3H3,(H,28,30). The third-order valence-corrected chi connectivity index (χ3v) is 7.66. The minimum atomic E-state index is -1.05. The van der Waals surface area contributed by atoms with Crippen LogP contribution in [-0.4, -0.2) is 28.5 Å². The fraction of sp³-hybridized carbons (Fsp3) is 0.320. The van der Waals surface area contributed by atoms with Gasteiger partial charge in [0.25, 0.3) is 0 Å². The van der Waals surface area contributed by atoms with Crippen LogP contribution in [0, 0.1) is 5.41 Å². The molecular weight excluding hydrogens is 476 g/mol. The fourth-order valence-electron chi connectivity index (χ4n) is 3.61. The number of nitrogens with zero attached hydrogens (tertiary/aromatic N) is 1. The molecule has 33 heavy (non-hydrogen) atoms. The van der Waals surface area contributed by atoms with Gasteiger partial charge < -0.3 is 10.1 Å². The molecule has 2 atom stereocenters. The molecule has 2 aromatic heterocycles. The number of hydrogen-bond donors (Lipinski definition) is 1. The van der Waals surface area contributed by atoms with Gasteiger partial charge >= 0.3 is 0 Å². The summed E-state index contributed by atoms with van der Waals surface area (Å²) in [5.41, 5.74) is 0.333. The topological polar surface area (TPSA) is 68.3 Å². The van der Waals surface area contributed by atoms with Gasteiger partial charge in [0.15, 0.2) is 5.78 Å². The zero-order valence-corrected chi connectivity index (χ0v) is 21.0. The van der Waals surface area contributed by atoms with Gasteiger partial charge in [0.05, 0.1) is 17.3 Å². The van der Waals surface area contributed by atoms with E-state index in [1.54, 1.807) is 12.1 Å². The van der Waals surface area contributed by atoms with Crippen LogP contribution in [-0.2, 0) is 15.1 Å². The number of ketones is 1. The number of thiophene rings is 1. The molecule has 1 aliphatic heterocycles. The van der Waals surface area contributed by atoms with Gasteiger partial charge in [-0.2, -0.15) is 11.3 Å². The molecule has 8 heteroatoms. The highest BCUT2D eigenvalue weighted by atomic mass is 35.5. The van der Waals surface area contributed by atoms with Gasteiger partial charge in [-0.1, -0.05) is 50.6 Å². The minimum Gasteiger partial charge on any atom is -0.477 e. The number of pyridine rings is 1. The Bertz CT molecular complexity index is 1140. The molecule has 2 unspecified atom stereocenters. The van der Waals surface area contributed by atoms with E-state index in [0.717, 1.165) is 5.56 Å². The second-order valence-electron chi connectivity index (χ2n) is 9.19. The molecule has 1 saturated heterocycles. The normalized spacial score (nSPS) is 21.0. The monoisotopic (exact) mass is 500 g/mol. The molecule has 1 aliphatic rings. The van der Waals surface area contributed by atoms with Crippen LogP contribution in [0.3, 0.4) is 0 Å². The molecule has 0 bridgehead atoms. The van der Waals surface area contributed by atoms with E-state index in [0.29, 0.717) is 28.1 Å². The maximum atomic E-state index is 13.4. The average molecular weight is 501 g/mol. The number of piperidine rings is 1. The minimum absolute atomic E-state index is 0.0269. The molecule has 0 spiro atoms. The Labute approximate surface area is 206 Å². The van der Waals surface area contributed by atoms with Crippen molar-refractivity contribution in [2.45, 2.75) is 42.9 Å². The molecule has 0 aliphatic carbocycles. The molecule has 0 radical (unpaired) electrons. The molecule has 3 heterocycles. The van der Waals surface area contributed by atoms with E-state index in [1.165, 1.54) is 23.1 Å². The Morgan fingerprint density at radius 3 is 2.64 bits per heavy atom. The summed E-state index contributed by atoms with van der Waals surface area (Å²) >= 11 is 8.95. The van der Waals surface area contributed by atoms with Crippen LogP contribution in [0.4, 0.5) is 0 Å². The Kier molecular flexibility index (Phi) is 6.84. The van der Waals surface area contributed by atoms with E-state index >= 15 is 0 Å². The molecule has 172 valence electrons. The van der Waals surface area contributed by atoms with Crippen molar-refractivity contribution in [3.05, 3.63) is 75.6 Å². The molecule has 1 N–H and O–H groups in total. The van der Waals surface area contributed by atoms with Gasteiger partial charge in [0.2, 0.25) is 11.8 Å². The van der Waals surface area contributed by atoms with E-state index in [1.807, 2.05) is 47.2 Å². The van der Waals surface area contributed by atoms with Crippen molar-refractivity contribution in [2.75, 3.05) is 6.61 Å². The zero-order valence-electron chi connectivity index (χ0n) is 18.6. The fourth-order valence-corrected chi connectivity index (χ4v) is 5.59. The molecular formula is C25H25ClN2O3S2. The number of carbonyl (C=O) groups is 2. The highest BCUT2D eigenvalue weighted by Crippen LogP contribution is 2.41. The van der Waals surface area contributed by atoms with Gasteiger partial charge in [-0.25, -0.2) is 4.98 Å². The van der Waals surface area contributed by atoms with Crippen molar-refractivity contribution in [2.24, 2.45) is 5.41 Å². The van der Waals surface area contributed by atoms with Crippen molar-refractivity contribution in [1.29, 1.82) is 0 Å². The molecule has 0 saturated carbocycles. The largest absolute Gasteiger partial charge is 0.477 e.